The van der Waals surface area contributed by atoms with Crippen LogP contribution < -0.4 is 5.32 Å². The van der Waals surface area contributed by atoms with Gasteiger partial charge in [-0.25, -0.2) is 4.98 Å². The molecule has 1 aromatic carbocycles. The SMILES string of the molecule is COCCNC(=O)c1sc(-c2ccc(C)cc2)nc1C. The van der Waals surface area contributed by atoms with Crippen LogP contribution in [-0.4, -0.2) is 31.2 Å². The van der Waals surface area contributed by atoms with Crippen molar-refractivity contribution in [2.75, 3.05) is 20.3 Å². The van der Waals surface area contributed by atoms with Crippen molar-refractivity contribution in [1.82, 2.24) is 10.3 Å². The zero-order chi connectivity index (χ0) is 14.5. The highest BCUT2D eigenvalue weighted by Crippen LogP contribution is 2.27. The van der Waals surface area contributed by atoms with Crippen molar-refractivity contribution in [3.8, 4) is 10.6 Å². The summed E-state index contributed by atoms with van der Waals surface area (Å²) in [5, 5.41) is 3.70. The van der Waals surface area contributed by atoms with Crippen molar-refractivity contribution in [2.24, 2.45) is 0 Å². The lowest BCUT2D eigenvalue weighted by Gasteiger charge is -2.02. The molecule has 4 nitrogen and oxygen atoms in total. The van der Waals surface area contributed by atoms with Crippen LogP contribution >= 0.6 is 11.3 Å². The van der Waals surface area contributed by atoms with Gasteiger partial charge in [0.1, 0.15) is 9.88 Å². The summed E-state index contributed by atoms with van der Waals surface area (Å²) in [5.41, 5.74) is 3.01. The molecular formula is C15H18N2O2S. The number of aryl methyl sites for hydroxylation is 2. The topological polar surface area (TPSA) is 51.2 Å². The molecule has 5 heteroatoms. The molecule has 0 radical (unpaired) electrons. The first-order valence-corrected chi connectivity index (χ1v) is 7.25. The lowest BCUT2D eigenvalue weighted by molar-refractivity contribution is 0.0940. The maximum absolute atomic E-state index is 12.0. The average Bonchev–Trinajstić information content (AvgIpc) is 2.82. The van der Waals surface area contributed by atoms with Gasteiger partial charge < -0.3 is 10.1 Å². The van der Waals surface area contributed by atoms with Crippen LogP contribution in [0.3, 0.4) is 0 Å². The van der Waals surface area contributed by atoms with E-state index in [0.717, 1.165) is 16.3 Å². The number of hydrogen-bond acceptors (Lipinski definition) is 4. The maximum atomic E-state index is 12.0. The molecule has 0 fully saturated rings. The number of rotatable bonds is 5. The molecule has 106 valence electrons. The van der Waals surface area contributed by atoms with Crippen LogP contribution in [0.5, 0.6) is 0 Å². The molecule has 1 aromatic heterocycles. The molecule has 0 spiro atoms. The molecule has 0 unspecified atom stereocenters. The quantitative estimate of drug-likeness (QED) is 0.862. The first kappa shape index (κ1) is 14.7. The van der Waals surface area contributed by atoms with E-state index in [0.29, 0.717) is 18.0 Å². The molecule has 0 aliphatic rings. The van der Waals surface area contributed by atoms with Gasteiger partial charge in [0.25, 0.3) is 5.91 Å². The first-order valence-electron chi connectivity index (χ1n) is 6.43. The Kier molecular flexibility index (Phi) is 4.87. The van der Waals surface area contributed by atoms with Crippen LogP contribution in [0, 0.1) is 13.8 Å². The Morgan fingerprint density at radius 2 is 2.00 bits per heavy atom. The van der Waals surface area contributed by atoms with E-state index in [1.807, 2.05) is 38.1 Å². The number of nitrogens with zero attached hydrogens (tertiary/aromatic N) is 1. The summed E-state index contributed by atoms with van der Waals surface area (Å²) in [4.78, 5) is 17.2. The third kappa shape index (κ3) is 3.43. The molecule has 0 saturated carbocycles. The summed E-state index contributed by atoms with van der Waals surface area (Å²) < 4.78 is 4.92. The van der Waals surface area contributed by atoms with Gasteiger partial charge in [0, 0.05) is 19.2 Å². The van der Waals surface area contributed by atoms with E-state index < -0.39 is 0 Å². The summed E-state index contributed by atoms with van der Waals surface area (Å²) in [6, 6.07) is 8.15. The lowest BCUT2D eigenvalue weighted by atomic mass is 10.2. The summed E-state index contributed by atoms with van der Waals surface area (Å²) in [7, 11) is 1.61. The van der Waals surface area contributed by atoms with Crippen LogP contribution in [0.15, 0.2) is 24.3 Å². The number of ether oxygens (including phenoxy) is 1. The second-order valence-corrected chi connectivity index (χ2v) is 5.55. The third-order valence-corrected chi connectivity index (χ3v) is 4.10. The predicted octanol–water partition coefficient (Wildman–Crippen LogP) is 2.80. The summed E-state index contributed by atoms with van der Waals surface area (Å²) >= 11 is 1.42. The number of thiazole rings is 1. The first-order chi connectivity index (χ1) is 9.61. The number of nitrogens with one attached hydrogen (secondary N) is 1. The third-order valence-electron chi connectivity index (χ3n) is 2.89. The molecule has 20 heavy (non-hydrogen) atoms. The van der Waals surface area contributed by atoms with E-state index >= 15 is 0 Å². The molecule has 0 aliphatic carbocycles. The van der Waals surface area contributed by atoms with Crippen LogP contribution in [-0.2, 0) is 4.74 Å². The minimum absolute atomic E-state index is 0.0876. The standard InChI is InChI=1S/C15H18N2O2S/c1-10-4-6-12(7-5-10)15-17-11(2)13(20-15)14(18)16-8-9-19-3/h4-7H,8-9H2,1-3H3,(H,16,18). The van der Waals surface area contributed by atoms with Gasteiger partial charge >= 0.3 is 0 Å². The highest BCUT2D eigenvalue weighted by Gasteiger charge is 2.15. The molecule has 0 atom stereocenters. The number of methoxy groups -OCH3 is 1. The van der Waals surface area contributed by atoms with Crippen LogP contribution in [0.2, 0.25) is 0 Å². The Hall–Kier alpha value is -1.72. The number of carbonyl (C=O) groups is 1. The fourth-order valence-electron chi connectivity index (χ4n) is 1.77. The summed E-state index contributed by atoms with van der Waals surface area (Å²) in [6.07, 6.45) is 0. The Labute approximate surface area is 122 Å². The summed E-state index contributed by atoms with van der Waals surface area (Å²) in [6.45, 7) is 4.92. The van der Waals surface area contributed by atoms with E-state index in [1.54, 1.807) is 7.11 Å². The van der Waals surface area contributed by atoms with Crippen molar-refractivity contribution in [3.63, 3.8) is 0 Å². The Bertz CT molecular complexity index is 590. The zero-order valence-corrected chi connectivity index (χ0v) is 12.7. The van der Waals surface area contributed by atoms with E-state index in [-0.39, 0.29) is 5.91 Å². The lowest BCUT2D eigenvalue weighted by Crippen LogP contribution is -2.26. The van der Waals surface area contributed by atoms with E-state index in [9.17, 15) is 4.79 Å². The van der Waals surface area contributed by atoms with Gasteiger partial charge in [0.2, 0.25) is 0 Å². The van der Waals surface area contributed by atoms with Gasteiger partial charge in [-0.1, -0.05) is 29.8 Å². The van der Waals surface area contributed by atoms with Gasteiger partial charge in [-0.2, -0.15) is 0 Å². The van der Waals surface area contributed by atoms with Crippen molar-refractivity contribution in [3.05, 3.63) is 40.4 Å². The highest BCUT2D eigenvalue weighted by atomic mass is 32.1. The predicted molar refractivity (Wildman–Crippen MR) is 81.2 cm³/mol. The summed E-state index contributed by atoms with van der Waals surface area (Å²) in [5.74, 6) is -0.0876. The van der Waals surface area contributed by atoms with Gasteiger partial charge in [-0.3, -0.25) is 4.79 Å². The molecule has 0 aliphatic heterocycles. The monoisotopic (exact) mass is 290 g/mol. The van der Waals surface area contributed by atoms with E-state index in [1.165, 1.54) is 16.9 Å². The second-order valence-electron chi connectivity index (χ2n) is 4.55. The van der Waals surface area contributed by atoms with Gasteiger partial charge in [0.05, 0.1) is 12.3 Å². The van der Waals surface area contributed by atoms with Crippen LogP contribution in [0.4, 0.5) is 0 Å². The molecule has 0 saturated heterocycles. The molecule has 2 aromatic rings. The van der Waals surface area contributed by atoms with Gasteiger partial charge in [0.15, 0.2) is 0 Å². The van der Waals surface area contributed by atoms with Crippen molar-refractivity contribution in [2.45, 2.75) is 13.8 Å². The highest BCUT2D eigenvalue weighted by molar-refractivity contribution is 7.17. The molecule has 0 bridgehead atoms. The van der Waals surface area contributed by atoms with E-state index in [2.05, 4.69) is 10.3 Å². The molecule has 2 rings (SSSR count). The van der Waals surface area contributed by atoms with Crippen molar-refractivity contribution < 1.29 is 9.53 Å². The zero-order valence-electron chi connectivity index (χ0n) is 11.9. The Balaban J connectivity index is 2.16. The van der Waals surface area contributed by atoms with Gasteiger partial charge in [-0.05, 0) is 13.8 Å². The largest absolute Gasteiger partial charge is 0.383 e. The fourth-order valence-corrected chi connectivity index (χ4v) is 2.76. The number of aromatic nitrogens is 1. The number of benzene rings is 1. The van der Waals surface area contributed by atoms with E-state index in [4.69, 9.17) is 4.74 Å². The maximum Gasteiger partial charge on any atom is 0.263 e. The Morgan fingerprint density at radius 1 is 1.30 bits per heavy atom. The number of amides is 1. The van der Waals surface area contributed by atoms with Gasteiger partial charge in [-0.15, -0.1) is 11.3 Å². The second kappa shape index (κ2) is 6.63. The van der Waals surface area contributed by atoms with Crippen molar-refractivity contribution in [1.29, 1.82) is 0 Å². The molecule has 1 amide bonds. The number of hydrogen-bond donors (Lipinski definition) is 1. The smallest absolute Gasteiger partial charge is 0.263 e. The molecule has 1 N–H and O–H groups in total. The normalized spacial score (nSPS) is 10.6. The average molecular weight is 290 g/mol. The fraction of sp³-hybridized carbons (Fsp3) is 0.333. The number of carbonyl (C=O) groups excluding carboxylic acids is 1. The molecule has 1 heterocycles. The minimum atomic E-state index is -0.0876. The molecular weight excluding hydrogens is 272 g/mol. The van der Waals surface area contributed by atoms with Crippen LogP contribution in [0.1, 0.15) is 20.9 Å². The Morgan fingerprint density at radius 3 is 2.65 bits per heavy atom. The minimum Gasteiger partial charge on any atom is -0.383 e. The van der Waals surface area contributed by atoms with Crippen molar-refractivity contribution >= 4 is 17.2 Å². The van der Waals surface area contributed by atoms with Crippen LogP contribution in [0.25, 0.3) is 10.6 Å².